The number of hydrogen-bond donors (Lipinski definition) is 2. The summed E-state index contributed by atoms with van der Waals surface area (Å²) < 4.78 is 5.71. The minimum absolute atomic E-state index is 0.0564. The van der Waals surface area contributed by atoms with Gasteiger partial charge in [0.25, 0.3) is 5.91 Å². The van der Waals surface area contributed by atoms with Crippen LogP contribution in [-0.4, -0.2) is 28.6 Å². The number of carbonyl (C=O) groups is 2. The van der Waals surface area contributed by atoms with E-state index in [-0.39, 0.29) is 23.5 Å². The quantitative estimate of drug-likeness (QED) is 0.897. The van der Waals surface area contributed by atoms with Gasteiger partial charge in [-0.1, -0.05) is 0 Å². The Labute approximate surface area is 130 Å². The van der Waals surface area contributed by atoms with E-state index >= 15 is 0 Å². The van der Waals surface area contributed by atoms with Gasteiger partial charge in [0.2, 0.25) is 0 Å². The number of nitrogens with one attached hydrogen (secondary N) is 1. The summed E-state index contributed by atoms with van der Waals surface area (Å²) >= 11 is 0. The van der Waals surface area contributed by atoms with Crippen molar-refractivity contribution in [3.63, 3.8) is 0 Å². The zero-order valence-corrected chi connectivity index (χ0v) is 13.3. The maximum Gasteiger partial charge on any atom is 0.306 e. The number of aliphatic carboxylic acids is 1. The number of ether oxygens (including phenoxy) is 1. The first kappa shape index (κ1) is 16.3. The van der Waals surface area contributed by atoms with Gasteiger partial charge >= 0.3 is 5.97 Å². The van der Waals surface area contributed by atoms with Crippen LogP contribution in [0.3, 0.4) is 0 Å². The van der Waals surface area contributed by atoms with E-state index in [0.717, 1.165) is 5.75 Å². The lowest BCUT2D eigenvalue weighted by molar-refractivity contribution is -0.141. The van der Waals surface area contributed by atoms with E-state index in [9.17, 15) is 9.59 Å². The lowest BCUT2D eigenvalue weighted by Gasteiger charge is -2.21. The van der Waals surface area contributed by atoms with Gasteiger partial charge < -0.3 is 15.2 Å². The predicted octanol–water partition coefficient (Wildman–Crippen LogP) is 2.85. The summed E-state index contributed by atoms with van der Waals surface area (Å²) in [5.41, 5.74) is 0.277. The molecule has 0 radical (unpaired) electrons. The van der Waals surface area contributed by atoms with Crippen molar-refractivity contribution in [2.24, 2.45) is 5.92 Å². The highest BCUT2D eigenvalue weighted by Gasteiger charge is 2.30. The van der Waals surface area contributed by atoms with Crippen molar-refractivity contribution in [1.82, 2.24) is 5.32 Å². The van der Waals surface area contributed by atoms with E-state index in [1.165, 1.54) is 0 Å². The van der Waals surface area contributed by atoms with Crippen LogP contribution in [-0.2, 0) is 4.79 Å². The smallest absolute Gasteiger partial charge is 0.306 e. The molecule has 22 heavy (non-hydrogen) atoms. The summed E-state index contributed by atoms with van der Waals surface area (Å²) in [6.07, 6.45) is 1.85. The molecule has 1 aromatic rings. The largest absolute Gasteiger partial charge is 0.488 e. The average Bonchev–Trinajstić information content (AvgIpc) is 2.86. The molecular formula is C17H23NO4. The summed E-state index contributed by atoms with van der Waals surface area (Å²) in [6, 6.07) is 6.93. The summed E-state index contributed by atoms with van der Waals surface area (Å²) in [5.74, 6) is -0.567. The summed E-state index contributed by atoms with van der Waals surface area (Å²) in [7, 11) is 0. The van der Waals surface area contributed by atoms with Crippen molar-refractivity contribution < 1.29 is 19.4 Å². The van der Waals surface area contributed by atoms with E-state index in [2.05, 4.69) is 5.32 Å². The summed E-state index contributed by atoms with van der Waals surface area (Å²) in [6.45, 7) is 5.89. The van der Waals surface area contributed by atoms with E-state index in [4.69, 9.17) is 9.84 Å². The molecule has 1 aliphatic rings. The highest BCUT2D eigenvalue weighted by atomic mass is 16.5. The third kappa shape index (κ3) is 4.48. The third-order valence-electron chi connectivity index (χ3n) is 3.66. The van der Waals surface area contributed by atoms with Gasteiger partial charge in [0, 0.05) is 11.6 Å². The zero-order valence-electron chi connectivity index (χ0n) is 13.3. The van der Waals surface area contributed by atoms with Crippen LogP contribution in [0.1, 0.15) is 50.4 Å². The summed E-state index contributed by atoms with van der Waals surface area (Å²) in [4.78, 5) is 23.1. The zero-order chi connectivity index (χ0) is 16.3. The number of hydrogen-bond acceptors (Lipinski definition) is 3. The highest BCUT2D eigenvalue weighted by Crippen LogP contribution is 2.26. The lowest BCUT2D eigenvalue weighted by atomic mass is 10.1. The number of carboxylic acid groups (broad SMARTS) is 1. The monoisotopic (exact) mass is 305 g/mol. The van der Waals surface area contributed by atoms with E-state index in [1.54, 1.807) is 24.3 Å². The molecule has 0 unspecified atom stereocenters. The fourth-order valence-electron chi connectivity index (χ4n) is 2.63. The van der Waals surface area contributed by atoms with Crippen molar-refractivity contribution in [1.29, 1.82) is 0 Å². The van der Waals surface area contributed by atoms with E-state index < -0.39 is 5.97 Å². The van der Waals surface area contributed by atoms with Gasteiger partial charge in [0.05, 0.1) is 5.92 Å². The predicted molar refractivity (Wildman–Crippen MR) is 83.1 cm³/mol. The Hall–Kier alpha value is -2.04. The first-order valence-corrected chi connectivity index (χ1v) is 7.57. The molecule has 0 saturated heterocycles. The van der Waals surface area contributed by atoms with Crippen LogP contribution in [0.5, 0.6) is 5.75 Å². The first-order chi connectivity index (χ1) is 10.2. The SMILES string of the molecule is CC(C)(C)Oc1ccc(C(=O)N[C@@H]2CC[C@H](C(=O)O)C2)cc1. The normalized spacial score (nSPS) is 21.4. The van der Waals surface area contributed by atoms with Crippen molar-refractivity contribution in [3.05, 3.63) is 29.8 Å². The Balaban J connectivity index is 1.92. The maximum atomic E-state index is 12.2. The molecule has 1 amide bonds. The Bertz CT molecular complexity index is 545. The molecule has 0 aliphatic heterocycles. The van der Waals surface area contributed by atoms with E-state index in [1.807, 2.05) is 20.8 Å². The number of carbonyl (C=O) groups excluding carboxylic acids is 1. The standard InChI is InChI=1S/C17H23NO4/c1-17(2,3)22-14-8-5-11(6-9-14)15(19)18-13-7-4-12(10-13)16(20)21/h5-6,8-9,12-13H,4,7,10H2,1-3H3,(H,18,19)(H,20,21)/t12-,13+/m0/s1. The number of benzene rings is 1. The fraction of sp³-hybridized carbons (Fsp3) is 0.529. The Morgan fingerprint density at radius 2 is 1.82 bits per heavy atom. The second-order valence-corrected chi connectivity index (χ2v) is 6.76. The second-order valence-electron chi connectivity index (χ2n) is 6.76. The molecule has 1 saturated carbocycles. The van der Waals surface area contributed by atoms with Crippen molar-refractivity contribution in [2.75, 3.05) is 0 Å². The number of carboxylic acids is 1. The van der Waals surface area contributed by atoms with Gasteiger partial charge in [0.15, 0.2) is 0 Å². The van der Waals surface area contributed by atoms with Crippen LogP contribution in [0.15, 0.2) is 24.3 Å². The molecule has 1 aromatic carbocycles. The van der Waals surface area contributed by atoms with Gasteiger partial charge in [-0.2, -0.15) is 0 Å². The van der Waals surface area contributed by atoms with Crippen LogP contribution in [0.25, 0.3) is 0 Å². The molecule has 2 N–H and O–H groups in total. The molecular weight excluding hydrogens is 282 g/mol. The van der Waals surface area contributed by atoms with Crippen molar-refractivity contribution >= 4 is 11.9 Å². The number of rotatable bonds is 4. The second kappa shape index (κ2) is 6.38. The molecule has 0 heterocycles. The lowest BCUT2D eigenvalue weighted by Crippen LogP contribution is -2.33. The van der Waals surface area contributed by atoms with Crippen LogP contribution < -0.4 is 10.1 Å². The molecule has 120 valence electrons. The van der Waals surface area contributed by atoms with Gasteiger partial charge in [-0.15, -0.1) is 0 Å². The van der Waals surface area contributed by atoms with Crippen LogP contribution >= 0.6 is 0 Å². The number of amides is 1. The summed E-state index contributed by atoms with van der Waals surface area (Å²) in [5, 5.41) is 11.9. The Morgan fingerprint density at radius 1 is 1.18 bits per heavy atom. The van der Waals surface area contributed by atoms with Crippen LogP contribution in [0.4, 0.5) is 0 Å². The first-order valence-electron chi connectivity index (χ1n) is 7.57. The topological polar surface area (TPSA) is 75.6 Å². The van der Waals surface area contributed by atoms with E-state index in [0.29, 0.717) is 24.8 Å². The highest BCUT2D eigenvalue weighted by molar-refractivity contribution is 5.94. The van der Waals surface area contributed by atoms with Gasteiger partial charge in [-0.05, 0) is 64.3 Å². The minimum atomic E-state index is -0.777. The fourth-order valence-corrected chi connectivity index (χ4v) is 2.63. The minimum Gasteiger partial charge on any atom is -0.488 e. The average molecular weight is 305 g/mol. The van der Waals surface area contributed by atoms with Crippen molar-refractivity contribution in [3.8, 4) is 5.75 Å². The molecule has 1 aliphatic carbocycles. The molecule has 5 heteroatoms. The molecule has 0 spiro atoms. The molecule has 2 atom stereocenters. The van der Waals surface area contributed by atoms with Gasteiger partial charge in [-0.25, -0.2) is 0 Å². The Morgan fingerprint density at radius 3 is 2.32 bits per heavy atom. The van der Waals surface area contributed by atoms with Crippen LogP contribution in [0, 0.1) is 5.92 Å². The van der Waals surface area contributed by atoms with Crippen molar-refractivity contribution in [2.45, 2.75) is 51.7 Å². The molecule has 0 aromatic heterocycles. The molecule has 1 fully saturated rings. The van der Waals surface area contributed by atoms with Gasteiger partial charge in [0.1, 0.15) is 11.4 Å². The maximum absolute atomic E-state index is 12.2. The molecule has 2 rings (SSSR count). The van der Waals surface area contributed by atoms with Gasteiger partial charge in [-0.3, -0.25) is 9.59 Å². The third-order valence-corrected chi connectivity index (χ3v) is 3.66. The van der Waals surface area contributed by atoms with Crippen LogP contribution in [0.2, 0.25) is 0 Å². The Kier molecular flexibility index (Phi) is 4.74. The molecule has 0 bridgehead atoms. The molecule has 5 nitrogen and oxygen atoms in total.